The van der Waals surface area contributed by atoms with Gasteiger partial charge in [0.2, 0.25) is 0 Å². The molecule has 4 heteroatoms. The zero-order valence-corrected chi connectivity index (χ0v) is 10.7. The summed E-state index contributed by atoms with van der Waals surface area (Å²) in [4.78, 5) is 4.26. The number of halogens is 2. The summed E-state index contributed by atoms with van der Waals surface area (Å²) in [6.07, 6.45) is 2.38. The Labute approximate surface area is 108 Å². The number of aromatic nitrogens is 1. The molecule has 0 spiro atoms. The molecule has 1 aromatic carbocycles. The zero-order chi connectivity index (χ0) is 12.3. The fraction of sp³-hybridized carbons (Fsp3) is 0.154. The van der Waals surface area contributed by atoms with Crippen molar-refractivity contribution >= 4 is 15.9 Å². The highest BCUT2D eigenvalue weighted by atomic mass is 79.9. The van der Waals surface area contributed by atoms with Crippen molar-refractivity contribution in [3.05, 3.63) is 64.1 Å². The van der Waals surface area contributed by atoms with Gasteiger partial charge in [-0.15, -0.1) is 0 Å². The lowest BCUT2D eigenvalue weighted by Crippen LogP contribution is -2.14. The molecule has 2 rings (SSSR count). The Hall–Kier alpha value is -1.26. The third-order valence-electron chi connectivity index (χ3n) is 2.52. The van der Waals surface area contributed by atoms with E-state index in [1.807, 2.05) is 12.1 Å². The lowest BCUT2D eigenvalue weighted by Gasteiger charge is -2.11. The van der Waals surface area contributed by atoms with Crippen LogP contribution in [-0.2, 0) is 6.42 Å². The van der Waals surface area contributed by atoms with Gasteiger partial charge in [0.1, 0.15) is 5.82 Å². The molecule has 88 valence electrons. The van der Waals surface area contributed by atoms with E-state index in [2.05, 4.69) is 20.9 Å². The topological polar surface area (TPSA) is 38.9 Å². The number of hydrogen-bond donors (Lipinski definition) is 1. The molecule has 0 radical (unpaired) electrons. The first-order valence-corrected chi connectivity index (χ1v) is 6.06. The minimum Gasteiger partial charge on any atom is -0.324 e. The number of pyridine rings is 1. The van der Waals surface area contributed by atoms with Crippen LogP contribution in [0, 0.1) is 5.82 Å². The highest BCUT2D eigenvalue weighted by Crippen LogP contribution is 2.16. The molecule has 2 N–H and O–H groups in total. The van der Waals surface area contributed by atoms with Gasteiger partial charge in [-0.2, -0.15) is 0 Å². The first-order chi connectivity index (χ1) is 8.15. The Kier molecular flexibility index (Phi) is 3.86. The smallest absolute Gasteiger partial charge is 0.123 e. The summed E-state index contributed by atoms with van der Waals surface area (Å²) in [5.41, 5.74) is 7.88. The highest BCUT2D eigenvalue weighted by molar-refractivity contribution is 9.10. The van der Waals surface area contributed by atoms with Crippen molar-refractivity contribution in [3.8, 4) is 0 Å². The van der Waals surface area contributed by atoms with E-state index in [4.69, 9.17) is 5.73 Å². The van der Waals surface area contributed by atoms with Crippen LogP contribution in [0.2, 0.25) is 0 Å². The molecule has 17 heavy (non-hydrogen) atoms. The van der Waals surface area contributed by atoms with Crippen LogP contribution in [-0.4, -0.2) is 4.98 Å². The van der Waals surface area contributed by atoms with E-state index in [0.717, 1.165) is 15.7 Å². The maximum absolute atomic E-state index is 12.8. The van der Waals surface area contributed by atoms with Crippen LogP contribution in [0.15, 0.2) is 47.1 Å². The van der Waals surface area contributed by atoms with Gasteiger partial charge in [0, 0.05) is 28.8 Å². The van der Waals surface area contributed by atoms with Gasteiger partial charge in [-0.3, -0.25) is 4.98 Å². The fourth-order valence-corrected chi connectivity index (χ4v) is 1.81. The molecule has 0 saturated heterocycles. The summed E-state index contributed by atoms with van der Waals surface area (Å²) in [6.45, 7) is 0. The van der Waals surface area contributed by atoms with Crippen LogP contribution >= 0.6 is 15.9 Å². The van der Waals surface area contributed by atoms with E-state index in [1.54, 1.807) is 18.3 Å². The molecule has 2 nitrogen and oxygen atoms in total. The van der Waals surface area contributed by atoms with E-state index in [9.17, 15) is 4.39 Å². The monoisotopic (exact) mass is 294 g/mol. The molecule has 1 unspecified atom stereocenters. The molecule has 0 amide bonds. The van der Waals surface area contributed by atoms with Gasteiger partial charge in [-0.05, 0) is 45.8 Å². The predicted molar refractivity (Wildman–Crippen MR) is 69.0 cm³/mol. The normalized spacial score (nSPS) is 12.4. The molecule has 0 saturated carbocycles. The number of benzene rings is 1. The number of rotatable bonds is 3. The molecule has 2 aromatic rings. The second-order valence-electron chi connectivity index (χ2n) is 3.83. The molecule has 0 fully saturated rings. The van der Waals surface area contributed by atoms with Crippen LogP contribution in [0.3, 0.4) is 0 Å². The van der Waals surface area contributed by atoms with Crippen molar-refractivity contribution in [2.75, 3.05) is 0 Å². The molecule has 0 aliphatic rings. The first-order valence-electron chi connectivity index (χ1n) is 5.26. The van der Waals surface area contributed by atoms with E-state index in [1.165, 1.54) is 12.1 Å². The Morgan fingerprint density at radius 1 is 1.18 bits per heavy atom. The largest absolute Gasteiger partial charge is 0.324 e. The van der Waals surface area contributed by atoms with E-state index < -0.39 is 0 Å². The van der Waals surface area contributed by atoms with E-state index in [0.29, 0.717) is 6.42 Å². The maximum atomic E-state index is 12.8. The van der Waals surface area contributed by atoms with E-state index in [-0.39, 0.29) is 11.9 Å². The predicted octanol–water partition coefficient (Wildman–Crippen LogP) is 3.23. The summed E-state index contributed by atoms with van der Waals surface area (Å²) in [5.74, 6) is -0.247. The fourth-order valence-electron chi connectivity index (χ4n) is 1.58. The van der Waals surface area contributed by atoms with Gasteiger partial charge in [0.05, 0.1) is 0 Å². The highest BCUT2D eigenvalue weighted by Gasteiger charge is 2.07. The Balaban J connectivity index is 2.08. The average Bonchev–Trinajstić information content (AvgIpc) is 2.33. The molecule has 0 aliphatic heterocycles. The van der Waals surface area contributed by atoms with Crippen molar-refractivity contribution in [1.82, 2.24) is 4.98 Å². The first kappa shape index (κ1) is 12.2. The molecule has 1 heterocycles. The summed E-state index contributed by atoms with van der Waals surface area (Å²) in [7, 11) is 0. The molecular weight excluding hydrogens is 283 g/mol. The quantitative estimate of drug-likeness (QED) is 0.944. The van der Waals surface area contributed by atoms with Gasteiger partial charge >= 0.3 is 0 Å². The second kappa shape index (κ2) is 5.38. The van der Waals surface area contributed by atoms with Crippen LogP contribution in [0.4, 0.5) is 4.39 Å². The summed E-state index contributed by atoms with van der Waals surface area (Å²) in [5, 5.41) is 0. The van der Waals surface area contributed by atoms with Crippen molar-refractivity contribution < 1.29 is 4.39 Å². The Morgan fingerprint density at radius 3 is 2.47 bits per heavy atom. The minimum atomic E-state index is -0.247. The zero-order valence-electron chi connectivity index (χ0n) is 9.11. The van der Waals surface area contributed by atoms with Crippen molar-refractivity contribution in [2.45, 2.75) is 12.5 Å². The SMILES string of the molecule is NC(Cc1ccc(Br)cn1)c1ccc(F)cc1. The second-order valence-corrected chi connectivity index (χ2v) is 4.75. The molecule has 1 aromatic heterocycles. The minimum absolute atomic E-state index is 0.163. The average molecular weight is 295 g/mol. The molecular formula is C13H12BrFN2. The number of nitrogens with two attached hydrogens (primary N) is 1. The number of hydrogen-bond acceptors (Lipinski definition) is 2. The number of nitrogens with zero attached hydrogens (tertiary/aromatic N) is 1. The van der Waals surface area contributed by atoms with Crippen molar-refractivity contribution in [3.63, 3.8) is 0 Å². The molecule has 0 bridgehead atoms. The molecule has 0 aliphatic carbocycles. The summed E-state index contributed by atoms with van der Waals surface area (Å²) < 4.78 is 13.7. The van der Waals surface area contributed by atoms with Gasteiger partial charge in [0.25, 0.3) is 0 Å². The molecule has 1 atom stereocenters. The maximum Gasteiger partial charge on any atom is 0.123 e. The summed E-state index contributed by atoms with van der Waals surface area (Å²) >= 11 is 3.33. The van der Waals surface area contributed by atoms with Gasteiger partial charge in [-0.25, -0.2) is 4.39 Å². The lowest BCUT2D eigenvalue weighted by atomic mass is 10.0. The Morgan fingerprint density at radius 2 is 1.88 bits per heavy atom. The summed E-state index contributed by atoms with van der Waals surface area (Å²) in [6, 6.07) is 9.95. The van der Waals surface area contributed by atoms with Gasteiger partial charge < -0.3 is 5.73 Å². The van der Waals surface area contributed by atoms with E-state index >= 15 is 0 Å². The Bertz CT molecular complexity index is 482. The third-order valence-corrected chi connectivity index (χ3v) is 2.98. The van der Waals surface area contributed by atoms with Crippen LogP contribution < -0.4 is 5.73 Å². The van der Waals surface area contributed by atoms with Gasteiger partial charge in [0.15, 0.2) is 0 Å². The third kappa shape index (κ3) is 3.35. The lowest BCUT2D eigenvalue weighted by molar-refractivity contribution is 0.624. The van der Waals surface area contributed by atoms with Crippen LogP contribution in [0.5, 0.6) is 0 Å². The van der Waals surface area contributed by atoms with Crippen molar-refractivity contribution in [1.29, 1.82) is 0 Å². The van der Waals surface area contributed by atoms with Crippen LogP contribution in [0.25, 0.3) is 0 Å². The van der Waals surface area contributed by atoms with Crippen molar-refractivity contribution in [2.24, 2.45) is 5.73 Å². The van der Waals surface area contributed by atoms with Gasteiger partial charge in [-0.1, -0.05) is 12.1 Å². The standard InChI is InChI=1S/C13H12BrFN2/c14-10-3-6-12(17-8-10)7-13(16)9-1-4-11(15)5-2-9/h1-6,8,13H,7,16H2. The van der Waals surface area contributed by atoms with Crippen LogP contribution in [0.1, 0.15) is 17.3 Å².